The summed E-state index contributed by atoms with van der Waals surface area (Å²) < 4.78 is 0. The summed E-state index contributed by atoms with van der Waals surface area (Å²) >= 11 is 0. The van der Waals surface area contributed by atoms with Crippen LogP contribution >= 0.6 is 0 Å². The minimum Gasteiger partial charge on any atom is -0.473 e. The van der Waals surface area contributed by atoms with Crippen LogP contribution in [0.4, 0.5) is 0 Å². The Morgan fingerprint density at radius 1 is 1.27 bits per heavy atom. The van der Waals surface area contributed by atoms with Gasteiger partial charge in [-0.15, -0.1) is 0 Å². The zero-order chi connectivity index (χ0) is 9.28. The van der Waals surface area contributed by atoms with Crippen LogP contribution in [0.3, 0.4) is 0 Å². The molecule has 0 saturated heterocycles. The van der Waals surface area contributed by atoms with Gasteiger partial charge in [0, 0.05) is 6.54 Å². The largest absolute Gasteiger partial charge is 0.473 e. The van der Waals surface area contributed by atoms with Crippen LogP contribution in [0, 0.1) is 0 Å². The Morgan fingerprint density at radius 3 is 1.64 bits per heavy atom. The number of carboxylic acids is 2. The van der Waals surface area contributed by atoms with Crippen molar-refractivity contribution < 1.29 is 24.9 Å². The molecular formula is C4H10N2O5. The van der Waals surface area contributed by atoms with E-state index in [-0.39, 0.29) is 6.61 Å². The quantitative estimate of drug-likeness (QED) is 0.175. The fourth-order valence-electron chi connectivity index (χ4n) is 0.0645. The minimum atomic E-state index is -1.82. The molecule has 0 amide bonds. The van der Waals surface area contributed by atoms with Crippen LogP contribution in [-0.2, 0) is 9.59 Å². The van der Waals surface area contributed by atoms with Gasteiger partial charge in [0.2, 0.25) is 0 Å². The van der Waals surface area contributed by atoms with Gasteiger partial charge in [-0.25, -0.2) is 9.59 Å². The van der Waals surface area contributed by atoms with E-state index in [1.807, 2.05) is 0 Å². The van der Waals surface area contributed by atoms with Crippen molar-refractivity contribution in [1.82, 2.24) is 5.43 Å². The molecule has 0 aliphatic carbocycles. The van der Waals surface area contributed by atoms with Gasteiger partial charge in [0.1, 0.15) is 0 Å². The average molecular weight is 166 g/mol. The lowest BCUT2D eigenvalue weighted by Gasteiger charge is -1.84. The van der Waals surface area contributed by atoms with Gasteiger partial charge in [-0.2, -0.15) is 0 Å². The molecule has 0 aliphatic heterocycles. The molecule has 0 saturated carbocycles. The molecule has 11 heavy (non-hydrogen) atoms. The summed E-state index contributed by atoms with van der Waals surface area (Å²) in [5.41, 5.74) is 2.27. The minimum absolute atomic E-state index is 0.108. The number of nitrogens with two attached hydrogens (primary N) is 1. The van der Waals surface area contributed by atoms with Crippen molar-refractivity contribution in [3.8, 4) is 0 Å². The number of carbonyl (C=O) groups is 2. The van der Waals surface area contributed by atoms with Gasteiger partial charge in [-0.3, -0.25) is 11.3 Å². The highest BCUT2D eigenvalue weighted by Gasteiger charge is 2.04. The molecule has 0 aliphatic rings. The highest BCUT2D eigenvalue weighted by Crippen LogP contribution is 1.56. The van der Waals surface area contributed by atoms with Crippen LogP contribution in [0.1, 0.15) is 0 Å². The first-order chi connectivity index (χ1) is 5.06. The van der Waals surface area contributed by atoms with Crippen LogP contribution < -0.4 is 11.3 Å². The molecular weight excluding hydrogens is 156 g/mol. The SMILES string of the molecule is NNCCO.O=C(O)C(=O)O. The van der Waals surface area contributed by atoms with Gasteiger partial charge in [0.25, 0.3) is 0 Å². The van der Waals surface area contributed by atoms with E-state index >= 15 is 0 Å². The molecule has 0 radical (unpaired) electrons. The third-order valence-electron chi connectivity index (χ3n) is 0.439. The molecule has 66 valence electrons. The van der Waals surface area contributed by atoms with Crippen LogP contribution in [0.15, 0.2) is 0 Å². The molecule has 7 heteroatoms. The summed E-state index contributed by atoms with van der Waals surface area (Å²) in [5, 5.41) is 22.7. The molecule has 0 bridgehead atoms. The lowest BCUT2D eigenvalue weighted by molar-refractivity contribution is -0.159. The molecule has 0 spiro atoms. The molecule has 0 aromatic carbocycles. The molecule has 7 nitrogen and oxygen atoms in total. The normalized spacial score (nSPS) is 7.82. The fraction of sp³-hybridized carbons (Fsp3) is 0.500. The maximum Gasteiger partial charge on any atom is 0.414 e. The van der Waals surface area contributed by atoms with Crippen molar-refractivity contribution in [1.29, 1.82) is 0 Å². The van der Waals surface area contributed by atoms with Crippen molar-refractivity contribution in [2.24, 2.45) is 5.84 Å². The van der Waals surface area contributed by atoms with Crippen molar-refractivity contribution in [2.45, 2.75) is 0 Å². The molecule has 0 rings (SSSR count). The lowest BCUT2D eigenvalue weighted by Crippen LogP contribution is -2.24. The van der Waals surface area contributed by atoms with E-state index in [0.29, 0.717) is 6.54 Å². The van der Waals surface area contributed by atoms with Crippen LogP contribution in [0.2, 0.25) is 0 Å². The molecule has 0 aromatic heterocycles. The average Bonchev–Trinajstić information content (AvgIpc) is 1.90. The molecule has 0 aromatic rings. The molecule has 0 unspecified atom stereocenters. The van der Waals surface area contributed by atoms with E-state index < -0.39 is 11.9 Å². The smallest absolute Gasteiger partial charge is 0.414 e. The van der Waals surface area contributed by atoms with Crippen molar-refractivity contribution in [2.75, 3.05) is 13.2 Å². The highest BCUT2D eigenvalue weighted by atomic mass is 16.4. The second kappa shape index (κ2) is 8.82. The number of aliphatic carboxylic acids is 2. The Hall–Kier alpha value is -1.18. The second-order valence-corrected chi connectivity index (χ2v) is 1.29. The number of hydrogen-bond donors (Lipinski definition) is 5. The first-order valence-corrected chi connectivity index (χ1v) is 2.56. The molecule has 6 N–H and O–H groups in total. The first-order valence-electron chi connectivity index (χ1n) is 2.56. The third kappa shape index (κ3) is 17.7. The summed E-state index contributed by atoms with van der Waals surface area (Å²) in [6, 6.07) is 0. The van der Waals surface area contributed by atoms with E-state index in [1.54, 1.807) is 0 Å². The van der Waals surface area contributed by atoms with Gasteiger partial charge in [-0.1, -0.05) is 0 Å². The maximum absolute atomic E-state index is 9.10. The number of rotatable bonds is 2. The Labute approximate surface area is 62.4 Å². The van der Waals surface area contributed by atoms with Gasteiger partial charge >= 0.3 is 11.9 Å². The van der Waals surface area contributed by atoms with Crippen LogP contribution in [0.25, 0.3) is 0 Å². The number of nitrogens with one attached hydrogen (secondary N) is 1. The van der Waals surface area contributed by atoms with E-state index in [4.69, 9.17) is 30.8 Å². The van der Waals surface area contributed by atoms with E-state index in [0.717, 1.165) is 0 Å². The Morgan fingerprint density at radius 2 is 1.64 bits per heavy atom. The lowest BCUT2D eigenvalue weighted by atomic mass is 10.7. The zero-order valence-corrected chi connectivity index (χ0v) is 5.65. The number of aliphatic hydroxyl groups excluding tert-OH is 1. The van der Waals surface area contributed by atoms with Crippen molar-refractivity contribution >= 4 is 11.9 Å². The number of hydrogen-bond acceptors (Lipinski definition) is 5. The second-order valence-electron chi connectivity index (χ2n) is 1.29. The summed E-state index contributed by atoms with van der Waals surface area (Å²) in [4.78, 5) is 18.2. The zero-order valence-electron chi connectivity index (χ0n) is 5.65. The molecule has 0 fully saturated rings. The van der Waals surface area contributed by atoms with E-state index in [2.05, 4.69) is 5.43 Å². The fourth-order valence-corrected chi connectivity index (χ4v) is 0.0645. The Bertz CT molecular complexity index is 112. The van der Waals surface area contributed by atoms with E-state index in [1.165, 1.54) is 0 Å². The van der Waals surface area contributed by atoms with Crippen molar-refractivity contribution in [3.63, 3.8) is 0 Å². The predicted octanol–water partition coefficient (Wildman–Crippen LogP) is -2.40. The van der Waals surface area contributed by atoms with Gasteiger partial charge < -0.3 is 15.3 Å². The third-order valence-corrected chi connectivity index (χ3v) is 0.439. The topological polar surface area (TPSA) is 133 Å². The molecule has 0 heterocycles. The van der Waals surface area contributed by atoms with Crippen molar-refractivity contribution in [3.05, 3.63) is 0 Å². The molecule has 0 atom stereocenters. The van der Waals surface area contributed by atoms with Crippen LogP contribution in [0.5, 0.6) is 0 Å². The maximum atomic E-state index is 9.10. The number of aliphatic hydroxyl groups is 1. The summed E-state index contributed by atoms with van der Waals surface area (Å²) in [5.74, 6) is 1.08. The summed E-state index contributed by atoms with van der Waals surface area (Å²) in [7, 11) is 0. The van der Waals surface area contributed by atoms with Gasteiger partial charge in [0.05, 0.1) is 6.61 Å². The van der Waals surface area contributed by atoms with E-state index in [9.17, 15) is 0 Å². The number of hydrazine groups is 1. The Balaban J connectivity index is 0. The summed E-state index contributed by atoms with van der Waals surface area (Å²) in [6.45, 7) is 0.580. The first kappa shape index (κ1) is 12.5. The monoisotopic (exact) mass is 166 g/mol. The summed E-state index contributed by atoms with van der Waals surface area (Å²) in [6.07, 6.45) is 0. The van der Waals surface area contributed by atoms with Gasteiger partial charge in [-0.05, 0) is 0 Å². The highest BCUT2D eigenvalue weighted by molar-refractivity contribution is 6.27. The predicted molar refractivity (Wildman–Crippen MR) is 34.5 cm³/mol. The van der Waals surface area contributed by atoms with Crippen LogP contribution in [-0.4, -0.2) is 40.4 Å². The Kier molecular flexibility index (Phi) is 10.0. The number of carboxylic acid groups (broad SMARTS) is 2. The van der Waals surface area contributed by atoms with Gasteiger partial charge in [0.15, 0.2) is 0 Å². The standard InChI is InChI=1S/C2H8N2O.C2H2O4/c3-4-1-2-5;3-1(4)2(5)6/h4-5H,1-3H2;(H,3,4)(H,5,6).